The van der Waals surface area contributed by atoms with Crippen molar-refractivity contribution in [1.82, 2.24) is 25.2 Å². The molecule has 0 unspecified atom stereocenters. The van der Waals surface area contributed by atoms with Crippen molar-refractivity contribution in [2.24, 2.45) is 18.4 Å². The fourth-order valence-electron chi connectivity index (χ4n) is 5.20. The number of aryl methyl sites for hydroxylation is 2. The van der Waals surface area contributed by atoms with Gasteiger partial charge in [0.15, 0.2) is 0 Å². The first-order chi connectivity index (χ1) is 15.3. The minimum absolute atomic E-state index is 0.0577. The number of piperidine rings is 1. The summed E-state index contributed by atoms with van der Waals surface area (Å²) in [5.41, 5.74) is 1.85. The second kappa shape index (κ2) is 9.56. The molecule has 3 heterocycles. The van der Waals surface area contributed by atoms with Crippen LogP contribution in [0.4, 0.5) is 0 Å². The number of likely N-dealkylation sites (tertiary alicyclic amines) is 1. The Bertz CT molecular complexity index is 932. The number of carbonyl (C=O) groups excluding carboxylic acids is 1. The van der Waals surface area contributed by atoms with E-state index in [4.69, 9.17) is 16.1 Å². The van der Waals surface area contributed by atoms with Crippen LogP contribution in [0.3, 0.4) is 0 Å². The second-order valence-electron chi connectivity index (χ2n) is 10.2. The van der Waals surface area contributed by atoms with Crippen molar-refractivity contribution in [3.63, 3.8) is 0 Å². The standard InChI is InChI=1S/C24H36ClN5O2/c1-16(2)7-12-26-18-5-8-24(9-6-18)10-13-30(14-11-24)23(31)20-21(27-29(4)22(20)25)19-15-17(3)32-28-19/h15-16,18,26H,5-14H2,1-4H3. The number of amides is 1. The van der Waals surface area contributed by atoms with Crippen LogP contribution in [-0.2, 0) is 7.05 Å². The summed E-state index contributed by atoms with van der Waals surface area (Å²) in [5, 5.41) is 12.6. The number of rotatable bonds is 6. The van der Waals surface area contributed by atoms with E-state index in [0.29, 0.717) is 39.3 Å². The van der Waals surface area contributed by atoms with Crippen molar-refractivity contribution < 1.29 is 9.32 Å². The van der Waals surface area contributed by atoms with Crippen molar-refractivity contribution in [1.29, 1.82) is 0 Å². The molecule has 2 fully saturated rings. The van der Waals surface area contributed by atoms with Crippen LogP contribution in [0, 0.1) is 18.3 Å². The van der Waals surface area contributed by atoms with Crippen LogP contribution < -0.4 is 5.32 Å². The first-order valence-corrected chi connectivity index (χ1v) is 12.3. The smallest absolute Gasteiger partial charge is 0.259 e. The van der Waals surface area contributed by atoms with Crippen molar-refractivity contribution in [2.45, 2.75) is 71.8 Å². The third-order valence-corrected chi connectivity index (χ3v) is 7.81. The zero-order chi connectivity index (χ0) is 22.9. The van der Waals surface area contributed by atoms with Crippen LogP contribution in [0.1, 0.15) is 74.9 Å². The van der Waals surface area contributed by atoms with E-state index in [-0.39, 0.29) is 5.91 Å². The zero-order valence-electron chi connectivity index (χ0n) is 19.8. The fraction of sp³-hybridized carbons (Fsp3) is 0.708. The fourth-order valence-corrected chi connectivity index (χ4v) is 5.41. The van der Waals surface area contributed by atoms with Gasteiger partial charge in [0, 0.05) is 32.2 Å². The van der Waals surface area contributed by atoms with E-state index in [1.807, 2.05) is 11.8 Å². The minimum atomic E-state index is -0.0577. The molecule has 0 radical (unpaired) electrons. The second-order valence-corrected chi connectivity index (χ2v) is 10.5. The van der Waals surface area contributed by atoms with Gasteiger partial charge in [-0.05, 0) is 69.7 Å². The maximum absolute atomic E-state index is 13.5. The molecule has 176 valence electrons. The van der Waals surface area contributed by atoms with E-state index in [0.717, 1.165) is 38.4 Å². The van der Waals surface area contributed by atoms with Crippen LogP contribution in [0.5, 0.6) is 0 Å². The van der Waals surface area contributed by atoms with Gasteiger partial charge in [-0.2, -0.15) is 5.10 Å². The third-order valence-electron chi connectivity index (χ3n) is 7.37. The molecule has 1 aliphatic carbocycles. The average molecular weight is 462 g/mol. The molecule has 2 aromatic heterocycles. The Morgan fingerprint density at radius 1 is 1.28 bits per heavy atom. The molecule has 0 aromatic carbocycles. The summed E-state index contributed by atoms with van der Waals surface area (Å²) < 4.78 is 6.73. The lowest BCUT2D eigenvalue weighted by molar-refractivity contribution is 0.0433. The molecule has 32 heavy (non-hydrogen) atoms. The number of nitrogens with zero attached hydrogens (tertiary/aromatic N) is 4. The Hall–Kier alpha value is -1.86. The molecule has 1 aliphatic heterocycles. The molecule has 2 aromatic rings. The SMILES string of the molecule is Cc1cc(-c2nn(C)c(Cl)c2C(=O)N2CCC3(CCC(NCCC(C)C)CC3)CC2)no1. The molecule has 7 nitrogen and oxygen atoms in total. The van der Waals surface area contributed by atoms with Gasteiger partial charge in [0.05, 0.1) is 0 Å². The van der Waals surface area contributed by atoms with Gasteiger partial charge in [-0.1, -0.05) is 30.6 Å². The Morgan fingerprint density at radius 3 is 2.56 bits per heavy atom. The van der Waals surface area contributed by atoms with E-state index >= 15 is 0 Å². The third kappa shape index (κ3) is 4.88. The summed E-state index contributed by atoms with van der Waals surface area (Å²) in [4.78, 5) is 15.4. The van der Waals surface area contributed by atoms with E-state index < -0.39 is 0 Å². The normalized spacial score (nSPS) is 19.2. The zero-order valence-corrected chi connectivity index (χ0v) is 20.5. The maximum Gasteiger partial charge on any atom is 0.259 e. The molecular weight excluding hydrogens is 426 g/mol. The van der Waals surface area contributed by atoms with Gasteiger partial charge < -0.3 is 14.7 Å². The first-order valence-electron chi connectivity index (χ1n) is 12.0. The van der Waals surface area contributed by atoms with Crippen molar-refractivity contribution >= 4 is 17.5 Å². The summed E-state index contributed by atoms with van der Waals surface area (Å²) in [6, 6.07) is 2.44. The predicted molar refractivity (Wildman–Crippen MR) is 126 cm³/mol. The number of nitrogens with one attached hydrogen (secondary N) is 1. The quantitative estimate of drug-likeness (QED) is 0.666. The van der Waals surface area contributed by atoms with E-state index in [1.165, 1.54) is 36.8 Å². The van der Waals surface area contributed by atoms with Gasteiger partial charge in [0.1, 0.15) is 27.9 Å². The highest BCUT2D eigenvalue weighted by atomic mass is 35.5. The number of aromatic nitrogens is 3. The summed E-state index contributed by atoms with van der Waals surface area (Å²) in [5.74, 6) is 1.37. The number of hydrogen-bond acceptors (Lipinski definition) is 5. The summed E-state index contributed by atoms with van der Waals surface area (Å²) in [6.45, 7) is 9.04. The van der Waals surface area contributed by atoms with Crippen LogP contribution in [0.15, 0.2) is 10.6 Å². The molecule has 0 atom stereocenters. The first kappa shape index (κ1) is 23.3. The summed E-state index contributed by atoms with van der Waals surface area (Å²) in [6.07, 6.45) is 8.37. The van der Waals surface area contributed by atoms with Gasteiger partial charge in [-0.15, -0.1) is 0 Å². The Kier molecular flexibility index (Phi) is 6.96. The van der Waals surface area contributed by atoms with Gasteiger partial charge in [-0.3, -0.25) is 9.48 Å². The Labute approximate surface area is 195 Å². The monoisotopic (exact) mass is 461 g/mol. The molecular formula is C24H36ClN5O2. The van der Waals surface area contributed by atoms with Crippen molar-refractivity contribution in [3.8, 4) is 11.4 Å². The predicted octanol–water partition coefficient (Wildman–Crippen LogP) is 4.84. The minimum Gasteiger partial charge on any atom is -0.361 e. The number of carbonyl (C=O) groups is 1. The number of hydrogen-bond donors (Lipinski definition) is 1. The summed E-state index contributed by atoms with van der Waals surface area (Å²) >= 11 is 6.49. The van der Waals surface area contributed by atoms with Crippen LogP contribution >= 0.6 is 11.6 Å². The molecule has 1 spiro atoms. The molecule has 1 N–H and O–H groups in total. The highest BCUT2D eigenvalue weighted by Crippen LogP contribution is 2.45. The van der Waals surface area contributed by atoms with Gasteiger partial charge in [0.2, 0.25) is 0 Å². The lowest BCUT2D eigenvalue weighted by atomic mass is 9.67. The average Bonchev–Trinajstić information content (AvgIpc) is 3.32. The highest BCUT2D eigenvalue weighted by Gasteiger charge is 2.40. The number of halogens is 1. The van der Waals surface area contributed by atoms with Gasteiger partial charge in [0.25, 0.3) is 5.91 Å². The van der Waals surface area contributed by atoms with Gasteiger partial charge in [-0.25, -0.2) is 0 Å². The molecule has 0 bridgehead atoms. The Morgan fingerprint density at radius 2 is 1.97 bits per heavy atom. The largest absolute Gasteiger partial charge is 0.361 e. The van der Waals surface area contributed by atoms with E-state index in [9.17, 15) is 4.79 Å². The molecule has 1 saturated carbocycles. The molecule has 1 saturated heterocycles. The van der Waals surface area contributed by atoms with Crippen molar-refractivity contribution in [2.75, 3.05) is 19.6 Å². The highest BCUT2D eigenvalue weighted by molar-refractivity contribution is 6.33. The Balaban J connectivity index is 1.37. The van der Waals surface area contributed by atoms with Crippen LogP contribution in [-0.4, -0.2) is 51.4 Å². The van der Waals surface area contributed by atoms with Crippen LogP contribution in [0.2, 0.25) is 5.15 Å². The van der Waals surface area contributed by atoms with E-state index in [1.54, 1.807) is 13.1 Å². The maximum atomic E-state index is 13.5. The van der Waals surface area contributed by atoms with Crippen molar-refractivity contribution in [3.05, 3.63) is 22.5 Å². The lowest BCUT2D eigenvalue weighted by Crippen LogP contribution is -2.46. The van der Waals surface area contributed by atoms with E-state index in [2.05, 4.69) is 29.4 Å². The van der Waals surface area contributed by atoms with Gasteiger partial charge >= 0.3 is 0 Å². The molecule has 2 aliphatic rings. The van der Waals surface area contributed by atoms with Crippen LogP contribution in [0.25, 0.3) is 11.4 Å². The molecule has 1 amide bonds. The molecule has 8 heteroatoms. The summed E-state index contributed by atoms with van der Waals surface area (Å²) in [7, 11) is 1.74. The molecule has 4 rings (SSSR count). The topological polar surface area (TPSA) is 76.2 Å². The lowest BCUT2D eigenvalue weighted by Gasteiger charge is -2.46.